The van der Waals surface area contributed by atoms with Crippen molar-refractivity contribution in [3.8, 4) is 5.69 Å². The molecular weight excluding hydrogens is 554 g/mol. The van der Waals surface area contributed by atoms with Crippen molar-refractivity contribution in [3.63, 3.8) is 0 Å². The van der Waals surface area contributed by atoms with Crippen molar-refractivity contribution in [1.82, 2.24) is 20.2 Å². The Morgan fingerprint density at radius 3 is 2.58 bits per heavy atom. The molecule has 0 bridgehead atoms. The summed E-state index contributed by atoms with van der Waals surface area (Å²) in [5, 5.41) is 12.4. The van der Waals surface area contributed by atoms with Gasteiger partial charge in [0.25, 0.3) is 0 Å². The number of hydrogen-bond acceptors (Lipinski definition) is 6. The van der Waals surface area contributed by atoms with Crippen LogP contribution in [0.4, 0.5) is 8.78 Å². The van der Waals surface area contributed by atoms with Crippen molar-refractivity contribution >= 4 is 50.2 Å². The fourth-order valence-electron chi connectivity index (χ4n) is 3.98. The lowest BCUT2D eigenvalue weighted by atomic mass is 9.99. The molecule has 1 aliphatic rings. The van der Waals surface area contributed by atoms with E-state index in [1.54, 1.807) is 4.57 Å². The molecule has 192 valence electrons. The Labute approximate surface area is 220 Å². The summed E-state index contributed by atoms with van der Waals surface area (Å²) < 4.78 is 31.9. The van der Waals surface area contributed by atoms with Crippen LogP contribution in [0.15, 0.2) is 52.4 Å². The minimum atomic E-state index is -3.75. The van der Waals surface area contributed by atoms with E-state index in [1.807, 2.05) is 36.4 Å². The van der Waals surface area contributed by atoms with Gasteiger partial charge in [-0.1, -0.05) is 30.3 Å². The maximum absolute atomic E-state index is 14.9. The predicted molar refractivity (Wildman–Crippen MR) is 139 cm³/mol. The van der Waals surface area contributed by atoms with Crippen LogP contribution in [0.1, 0.15) is 37.2 Å². The average molecular weight is 581 g/mol. The number of thioether (sulfide) groups is 1. The van der Waals surface area contributed by atoms with Crippen LogP contribution < -0.4 is 10.6 Å². The van der Waals surface area contributed by atoms with Gasteiger partial charge in [0.1, 0.15) is 4.60 Å². The second kappa shape index (κ2) is 11.8. The summed E-state index contributed by atoms with van der Waals surface area (Å²) in [5.74, 6) is -1.29. The first-order valence-corrected chi connectivity index (χ1v) is 13.4. The first kappa shape index (κ1) is 26.7. The molecule has 3 N–H and O–H groups in total. The third kappa shape index (κ3) is 6.31. The van der Waals surface area contributed by atoms with Gasteiger partial charge in [-0.15, -0.1) is 0 Å². The van der Waals surface area contributed by atoms with Gasteiger partial charge in [-0.3, -0.25) is 14.2 Å². The van der Waals surface area contributed by atoms with Crippen LogP contribution in [0.3, 0.4) is 0 Å². The van der Waals surface area contributed by atoms with Crippen LogP contribution in [0.2, 0.25) is 0 Å². The van der Waals surface area contributed by atoms with E-state index in [4.69, 9.17) is 5.11 Å². The smallest absolute Gasteiger partial charge is 0.358 e. The number of ketones is 1. The van der Waals surface area contributed by atoms with E-state index >= 15 is 0 Å². The summed E-state index contributed by atoms with van der Waals surface area (Å²) in [7, 11) is 0. The SMILES string of the molecule is O=C(CCC(=O)C(F)(F)Sc1ncc(Br)n1-c1ccc(C2CC2)c2ccccc12)NCCNCCO. The largest absolute Gasteiger partial charge is 0.395 e. The van der Waals surface area contributed by atoms with E-state index in [0.717, 1.165) is 23.6 Å². The van der Waals surface area contributed by atoms with Gasteiger partial charge in [0.05, 0.1) is 18.5 Å². The van der Waals surface area contributed by atoms with E-state index in [1.165, 1.54) is 11.8 Å². The van der Waals surface area contributed by atoms with Crippen LogP contribution in [-0.2, 0) is 9.59 Å². The number of nitrogens with one attached hydrogen (secondary N) is 2. The topological polar surface area (TPSA) is 96.2 Å². The summed E-state index contributed by atoms with van der Waals surface area (Å²) >= 11 is 3.50. The normalized spacial score (nSPS) is 13.8. The molecule has 0 aliphatic heterocycles. The summed E-state index contributed by atoms with van der Waals surface area (Å²) in [5.41, 5.74) is 1.95. The highest BCUT2D eigenvalue weighted by Crippen LogP contribution is 2.45. The molecule has 0 spiro atoms. The highest BCUT2D eigenvalue weighted by Gasteiger charge is 2.41. The number of carbonyl (C=O) groups excluding carboxylic acids is 2. The first-order valence-electron chi connectivity index (χ1n) is 11.8. The number of rotatable bonds is 13. The Bertz CT molecular complexity index is 1250. The molecule has 1 aromatic heterocycles. The molecule has 0 unspecified atom stereocenters. The zero-order valence-corrected chi connectivity index (χ0v) is 21.9. The van der Waals surface area contributed by atoms with Crippen molar-refractivity contribution in [2.75, 3.05) is 26.2 Å². The number of benzene rings is 2. The number of alkyl halides is 2. The monoisotopic (exact) mass is 580 g/mol. The molecule has 11 heteroatoms. The Kier molecular flexibility index (Phi) is 8.76. The second-order valence-corrected chi connectivity index (χ2v) is 10.5. The maximum Gasteiger partial charge on any atom is 0.358 e. The number of halogens is 3. The molecule has 1 aliphatic carbocycles. The third-order valence-electron chi connectivity index (χ3n) is 5.92. The highest BCUT2D eigenvalue weighted by atomic mass is 79.9. The Morgan fingerprint density at radius 1 is 1.11 bits per heavy atom. The van der Waals surface area contributed by atoms with Crippen molar-refractivity contribution < 1.29 is 23.5 Å². The number of imidazole rings is 1. The molecule has 1 fully saturated rings. The summed E-state index contributed by atoms with van der Waals surface area (Å²) in [4.78, 5) is 28.4. The number of nitrogens with zero attached hydrogens (tertiary/aromatic N) is 2. The number of Topliss-reactive ketones (excluding diaryl/α,β-unsaturated/α-hetero) is 1. The lowest BCUT2D eigenvalue weighted by Crippen LogP contribution is -2.34. The molecule has 7 nitrogen and oxygen atoms in total. The maximum atomic E-state index is 14.9. The molecule has 1 amide bonds. The zero-order valence-electron chi connectivity index (χ0n) is 19.5. The molecular formula is C25H27BrF2N4O3S. The van der Waals surface area contributed by atoms with Crippen molar-refractivity contribution in [2.24, 2.45) is 0 Å². The number of aliphatic hydroxyl groups excluding tert-OH is 1. The van der Waals surface area contributed by atoms with E-state index in [0.29, 0.717) is 29.3 Å². The molecule has 4 rings (SSSR count). The van der Waals surface area contributed by atoms with Crippen molar-refractivity contribution in [3.05, 3.63) is 52.8 Å². The molecule has 3 aromatic rings. The van der Waals surface area contributed by atoms with Gasteiger partial charge < -0.3 is 15.7 Å². The van der Waals surface area contributed by atoms with Crippen molar-refractivity contribution in [2.45, 2.75) is 42.0 Å². The fourth-order valence-corrected chi connectivity index (χ4v) is 5.40. The Hall–Kier alpha value is -2.34. The van der Waals surface area contributed by atoms with Crippen LogP contribution >= 0.6 is 27.7 Å². The predicted octanol–water partition coefficient (Wildman–Crippen LogP) is 4.40. The van der Waals surface area contributed by atoms with Crippen molar-refractivity contribution in [1.29, 1.82) is 0 Å². The molecule has 0 atom stereocenters. The van der Waals surface area contributed by atoms with Gasteiger partial charge in [-0.25, -0.2) is 4.98 Å². The lowest BCUT2D eigenvalue weighted by molar-refractivity contribution is -0.134. The number of amides is 1. The highest BCUT2D eigenvalue weighted by molar-refractivity contribution is 9.10. The van der Waals surface area contributed by atoms with Gasteiger partial charge in [0.15, 0.2) is 5.16 Å². The Morgan fingerprint density at radius 2 is 1.86 bits per heavy atom. The summed E-state index contributed by atoms with van der Waals surface area (Å²) in [6.45, 7) is 1.08. The molecule has 36 heavy (non-hydrogen) atoms. The third-order valence-corrected chi connectivity index (χ3v) is 7.43. The lowest BCUT2D eigenvalue weighted by Gasteiger charge is -2.17. The summed E-state index contributed by atoms with van der Waals surface area (Å²) in [6, 6.07) is 11.8. The van der Waals surface area contributed by atoms with Crippen LogP contribution in [0.25, 0.3) is 16.5 Å². The van der Waals surface area contributed by atoms with E-state index < -0.39 is 23.4 Å². The van der Waals surface area contributed by atoms with E-state index in [9.17, 15) is 18.4 Å². The molecule has 0 saturated heterocycles. The van der Waals surface area contributed by atoms with Crippen LogP contribution in [0.5, 0.6) is 0 Å². The molecule has 1 heterocycles. The minimum absolute atomic E-state index is 0.0218. The van der Waals surface area contributed by atoms with Gasteiger partial charge in [-0.2, -0.15) is 8.78 Å². The van der Waals surface area contributed by atoms with Gasteiger partial charge in [0, 0.05) is 37.9 Å². The van der Waals surface area contributed by atoms with Crippen LogP contribution in [-0.4, -0.2) is 57.8 Å². The minimum Gasteiger partial charge on any atom is -0.395 e. The van der Waals surface area contributed by atoms with E-state index in [-0.39, 0.29) is 36.5 Å². The molecule has 1 saturated carbocycles. The second-order valence-electron chi connectivity index (χ2n) is 8.56. The van der Waals surface area contributed by atoms with Crippen LogP contribution in [0, 0.1) is 0 Å². The standard InChI is InChI=1S/C25H27BrF2N4O3S/c26-22-15-31-24(36-25(27,28)21(34)9-10-23(35)30-12-11-29-13-14-33)32(22)20-8-7-17(16-5-6-16)18-3-1-2-4-19(18)20/h1-4,7-8,15-16,29,33H,5-6,9-14H2,(H,30,35). The number of fused-ring (bicyclic) bond motifs is 1. The quantitative estimate of drug-likeness (QED) is 0.205. The number of hydrogen-bond donors (Lipinski definition) is 3. The van der Waals surface area contributed by atoms with Gasteiger partial charge >= 0.3 is 5.25 Å². The Balaban J connectivity index is 1.46. The average Bonchev–Trinajstić information content (AvgIpc) is 3.65. The van der Waals surface area contributed by atoms with E-state index in [2.05, 4.69) is 31.5 Å². The van der Waals surface area contributed by atoms with Gasteiger partial charge in [0.2, 0.25) is 11.7 Å². The first-order chi connectivity index (χ1) is 17.3. The molecule has 2 aromatic carbocycles. The molecule has 0 radical (unpaired) electrons. The fraction of sp³-hybridized carbons (Fsp3) is 0.400. The summed E-state index contributed by atoms with van der Waals surface area (Å²) in [6.07, 6.45) is 2.81. The van der Waals surface area contributed by atoms with Gasteiger partial charge in [-0.05, 0) is 63.5 Å². The number of aromatic nitrogens is 2. The number of carbonyl (C=O) groups is 2. The zero-order chi connectivity index (χ0) is 25.7. The number of aliphatic hydroxyl groups is 1.